The summed E-state index contributed by atoms with van der Waals surface area (Å²) in [5.41, 5.74) is 4.76. The number of piperazine rings is 1. The number of benzene rings is 2. The third-order valence-electron chi connectivity index (χ3n) is 5.84. The zero-order valence-electron chi connectivity index (χ0n) is 16.9. The minimum atomic E-state index is -0.250. The average molecular weight is 393 g/mol. The summed E-state index contributed by atoms with van der Waals surface area (Å²) in [5.74, 6) is 2.03. The van der Waals surface area contributed by atoms with Gasteiger partial charge in [0.1, 0.15) is 5.82 Å². The number of carbonyl (C=O) groups is 1. The number of para-hydroxylation sites is 2. The van der Waals surface area contributed by atoms with Crippen molar-refractivity contribution < 1.29 is 9.90 Å². The van der Waals surface area contributed by atoms with Gasteiger partial charge >= 0.3 is 0 Å². The molecule has 2 aromatic carbocycles. The molecule has 1 saturated heterocycles. The van der Waals surface area contributed by atoms with E-state index < -0.39 is 0 Å². The van der Waals surface area contributed by atoms with Gasteiger partial charge in [0.05, 0.1) is 11.0 Å². The van der Waals surface area contributed by atoms with E-state index in [1.165, 1.54) is 49.2 Å². The lowest BCUT2D eigenvalue weighted by Gasteiger charge is -2.36. The minimum Gasteiger partial charge on any atom is -0.483 e. The second kappa shape index (κ2) is 8.66. The van der Waals surface area contributed by atoms with E-state index in [0.29, 0.717) is 0 Å². The summed E-state index contributed by atoms with van der Waals surface area (Å²) in [7, 11) is 2.11. The number of rotatable bonds is 4. The van der Waals surface area contributed by atoms with Crippen molar-refractivity contribution in [2.45, 2.75) is 12.8 Å². The third-order valence-corrected chi connectivity index (χ3v) is 5.84. The van der Waals surface area contributed by atoms with Crippen LogP contribution in [0.1, 0.15) is 12.8 Å². The number of nitrogens with zero attached hydrogens (tertiary/aromatic N) is 4. The molecule has 1 N–H and O–H groups in total. The number of aryl methyl sites for hydroxylation is 1. The van der Waals surface area contributed by atoms with Crippen LogP contribution in [0.4, 0.5) is 5.69 Å². The molecule has 1 aromatic heterocycles. The van der Waals surface area contributed by atoms with Gasteiger partial charge in [-0.2, -0.15) is 0 Å². The lowest BCUT2D eigenvalue weighted by atomic mass is 10.1. The summed E-state index contributed by atoms with van der Waals surface area (Å²) in [6.07, 6.45) is 2.89. The average Bonchev–Trinajstić information content (AvgIpc) is 3.51. The standard InChI is InChI=1S/C22H26N4.CH2O2/c1-24-21-8-3-2-7-20(21)23-22(24)18-5-4-6-19(15-18)26-13-11-25(12-14-26)16-17-9-10-17;2-1-3/h2-8,15,17H,9-14,16H2,1H3;1H,(H,2,3). The first-order valence-corrected chi connectivity index (χ1v) is 10.3. The summed E-state index contributed by atoms with van der Waals surface area (Å²) in [5, 5.41) is 6.89. The summed E-state index contributed by atoms with van der Waals surface area (Å²) in [4.78, 5) is 18.4. The van der Waals surface area contributed by atoms with Gasteiger partial charge in [0.25, 0.3) is 6.47 Å². The molecule has 0 atom stereocenters. The molecule has 0 unspecified atom stereocenters. The number of imidazole rings is 1. The van der Waals surface area contributed by atoms with Gasteiger partial charge in [-0.15, -0.1) is 0 Å². The molecule has 0 spiro atoms. The van der Waals surface area contributed by atoms with Crippen LogP contribution in [0.3, 0.4) is 0 Å². The molecule has 1 aliphatic heterocycles. The minimum absolute atomic E-state index is 0.250. The Kier molecular flexibility index (Phi) is 5.81. The molecule has 2 heterocycles. The van der Waals surface area contributed by atoms with Crippen molar-refractivity contribution in [3.8, 4) is 11.4 Å². The first-order valence-electron chi connectivity index (χ1n) is 10.3. The number of carboxylic acid groups (broad SMARTS) is 1. The molecular weight excluding hydrogens is 364 g/mol. The van der Waals surface area contributed by atoms with Gasteiger partial charge in [-0.1, -0.05) is 24.3 Å². The quantitative estimate of drug-likeness (QED) is 0.689. The second-order valence-electron chi connectivity index (χ2n) is 7.87. The molecule has 0 amide bonds. The van der Waals surface area contributed by atoms with Gasteiger partial charge in [-0.25, -0.2) is 4.98 Å². The van der Waals surface area contributed by atoms with Crippen LogP contribution < -0.4 is 4.90 Å². The number of fused-ring (bicyclic) bond motifs is 1. The van der Waals surface area contributed by atoms with Crippen molar-refractivity contribution >= 4 is 23.2 Å². The zero-order valence-corrected chi connectivity index (χ0v) is 16.9. The van der Waals surface area contributed by atoms with E-state index >= 15 is 0 Å². The van der Waals surface area contributed by atoms with Crippen LogP contribution in [0.15, 0.2) is 48.5 Å². The van der Waals surface area contributed by atoms with E-state index in [-0.39, 0.29) is 6.47 Å². The Morgan fingerprint density at radius 1 is 1.07 bits per heavy atom. The highest BCUT2D eigenvalue weighted by atomic mass is 16.3. The maximum Gasteiger partial charge on any atom is 0.290 e. The maximum atomic E-state index is 8.36. The first-order chi connectivity index (χ1) is 14.2. The summed E-state index contributed by atoms with van der Waals surface area (Å²) in [6.45, 7) is 5.69. The smallest absolute Gasteiger partial charge is 0.290 e. The van der Waals surface area contributed by atoms with Gasteiger partial charge in [-0.3, -0.25) is 9.69 Å². The molecule has 2 fully saturated rings. The van der Waals surface area contributed by atoms with Crippen molar-refractivity contribution in [3.05, 3.63) is 48.5 Å². The van der Waals surface area contributed by atoms with Crippen LogP contribution >= 0.6 is 0 Å². The fraction of sp³-hybridized carbons (Fsp3) is 0.391. The molecule has 0 bridgehead atoms. The van der Waals surface area contributed by atoms with Crippen LogP contribution in [0.2, 0.25) is 0 Å². The van der Waals surface area contributed by atoms with E-state index in [2.05, 4.69) is 69.9 Å². The fourth-order valence-corrected chi connectivity index (χ4v) is 4.10. The van der Waals surface area contributed by atoms with Gasteiger partial charge in [0.15, 0.2) is 0 Å². The summed E-state index contributed by atoms with van der Waals surface area (Å²) in [6, 6.07) is 17.2. The topological polar surface area (TPSA) is 61.6 Å². The Balaban J connectivity index is 0.000000645. The molecule has 6 heteroatoms. The number of anilines is 1. The van der Waals surface area contributed by atoms with Crippen molar-refractivity contribution in [2.75, 3.05) is 37.6 Å². The van der Waals surface area contributed by atoms with Crippen molar-refractivity contribution in [1.82, 2.24) is 14.5 Å². The number of aromatic nitrogens is 2. The lowest BCUT2D eigenvalue weighted by molar-refractivity contribution is -0.122. The second-order valence-corrected chi connectivity index (χ2v) is 7.87. The fourth-order valence-electron chi connectivity index (χ4n) is 4.10. The number of hydrogen-bond donors (Lipinski definition) is 1. The Labute approximate surface area is 171 Å². The molecule has 1 aliphatic carbocycles. The molecule has 29 heavy (non-hydrogen) atoms. The third kappa shape index (κ3) is 4.43. The van der Waals surface area contributed by atoms with Crippen LogP contribution in [0.25, 0.3) is 22.4 Å². The predicted molar refractivity (Wildman–Crippen MR) is 116 cm³/mol. The largest absolute Gasteiger partial charge is 0.483 e. The van der Waals surface area contributed by atoms with E-state index in [1.807, 2.05) is 0 Å². The zero-order chi connectivity index (χ0) is 20.2. The highest BCUT2D eigenvalue weighted by Crippen LogP contribution is 2.31. The summed E-state index contributed by atoms with van der Waals surface area (Å²) >= 11 is 0. The Morgan fingerprint density at radius 2 is 1.79 bits per heavy atom. The summed E-state index contributed by atoms with van der Waals surface area (Å²) < 4.78 is 2.20. The molecule has 3 aromatic rings. The van der Waals surface area contributed by atoms with Crippen molar-refractivity contribution in [1.29, 1.82) is 0 Å². The Morgan fingerprint density at radius 3 is 2.48 bits per heavy atom. The molecule has 5 rings (SSSR count). The van der Waals surface area contributed by atoms with Gasteiger partial charge < -0.3 is 14.6 Å². The Bertz CT molecular complexity index is 972. The highest BCUT2D eigenvalue weighted by molar-refractivity contribution is 5.81. The number of hydrogen-bond acceptors (Lipinski definition) is 4. The molecular formula is C23H28N4O2. The lowest BCUT2D eigenvalue weighted by Crippen LogP contribution is -2.47. The maximum absolute atomic E-state index is 8.36. The predicted octanol–water partition coefficient (Wildman–Crippen LogP) is 3.47. The molecule has 6 nitrogen and oxygen atoms in total. The SMILES string of the molecule is Cn1c(-c2cccc(N3CCN(CC4CC4)CC3)c2)nc2ccccc21.O=CO. The van der Waals surface area contributed by atoms with Gasteiger partial charge in [0.2, 0.25) is 0 Å². The van der Waals surface area contributed by atoms with Crippen LogP contribution in [-0.2, 0) is 11.8 Å². The normalized spacial score (nSPS) is 17.1. The van der Waals surface area contributed by atoms with Crippen LogP contribution in [0.5, 0.6) is 0 Å². The highest BCUT2D eigenvalue weighted by Gasteiger charge is 2.26. The first kappa shape index (κ1) is 19.5. The van der Waals surface area contributed by atoms with Gasteiger partial charge in [0, 0.05) is 51.0 Å². The molecule has 1 saturated carbocycles. The molecule has 2 aliphatic rings. The van der Waals surface area contributed by atoms with E-state index in [1.54, 1.807) is 0 Å². The van der Waals surface area contributed by atoms with Crippen molar-refractivity contribution in [2.24, 2.45) is 13.0 Å². The Hall–Kier alpha value is -2.86. The monoisotopic (exact) mass is 392 g/mol. The van der Waals surface area contributed by atoms with E-state index in [9.17, 15) is 0 Å². The van der Waals surface area contributed by atoms with Gasteiger partial charge in [-0.05, 0) is 43.0 Å². The van der Waals surface area contributed by atoms with E-state index in [4.69, 9.17) is 14.9 Å². The van der Waals surface area contributed by atoms with Crippen molar-refractivity contribution in [3.63, 3.8) is 0 Å². The van der Waals surface area contributed by atoms with Crippen LogP contribution in [-0.4, -0.2) is 58.8 Å². The molecule has 0 radical (unpaired) electrons. The van der Waals surface area contributed by atoms with E-state index in [0.717, 1.165) is 30.3 Å². The molecule has 152 valence electrons. The van der Waals surface area contributed by atoms with Crippen LogP contribution in [0, 0.1) is 5.92 Å².